The van der Waals surface area contributed by atoms with Crippen molar-refractivity contribution in [3.63, 3.8) is 0 Å². The van der Waals surface area contributed by atoms with Crippen molar-refractivity contribution in [2.24, 2.45) is 5.73 Å². The van der Waals surface area contributed by atoms with E-state index in [0.717, 1.165) is 71.7 Å². The number of nitrogens with zero attached hydrogens (tertiary/aromatic N) is 1. The van der Waals surface area contributed by atoms with Crippen LogP contribution in [0.15, 0.2) is 0 Å². The van der Waals surface area contributed by atoms with Crippen LogP contribution >= 0.6 is 0 Å². The zero-order chi connectivity index (χ0) is 13.1. The molecule has 5 nitrogen and oxygen atoms in total. The summed E-state index contributed by atoms with van der Waals surface area (Å²) < 4.78 is 11.6. The minimum atomic E-state index is 0.0885. The topological polar surface area (TPSA) is 59.8 Å². The third-order valence-electron chi connectivity index (χ3n) is 5.01. The standard InChI is InChI=1S/C14H27N3O2/c15-10-13-11-16-4-5-17(13)12-1-6-19-14(9-12)2-7-18-8-3-14/h12-13,16H,1-11,15H2. The molecule has 2 atom stereocenters. The molecule has 110 valence electrons. The summed E-state index contributed by atoms with van der Waals surface area (Å²) in [5, 5.41) is 3.45. The summed E-state index contributed by atoms with van der Waals surface area (Å²) in [6.45, 7) is 6.60. The van der Waals surface area contributed by atoms with Crippen molar-refractivity contribution in [1.29, 1.82) is 0 Å². The van der Waals surface area contributed by atoms with Crippen molar-refractivity contribution in [1.82, 2.24) is 10.2 Å². The molecule has 3 fully saturated rings. The molecule has 1 spiro atoms. The van der Waals surface area contributed by atoms with Crippen LogP contribution in [0.25, 0.3) is 0 Å². The summed E-state index contributed by atoms with van der Waals surface area (Å²) in [6.07, 6.45) is 4.43. The van der Waals surface area contributed by atoms with E-state index < -0.39 is 0 Å². The maximum absolute atomic E-state index is 6.14. The van der Waals surface area contributed by atoms with Gasteiger partial charge in [0.1, 0.15) is 0 Å². The first-order valence-electron chi connectivity index (χ1n) is 7.71. The lowest BCUT2D eigenvalue weighted by Gasteiger charge is -2.49. The van der Waals surface area contributed by atoms with Gasteiger partial charge in [-0.2, -0.15) is 0 Å². The fourth-order valence-electron chi connectivity index (χ4n) is 3.85. The highest BCUT2D eigenvalue weighted by atomic mass is 16.5. The Morgan fingerprint density at radius 2 is 2.11 bits per heavy atom. The molecule has 0 radical (unpaired) electrons. The van der Waals surface area contributed by atoms with Gasteiger partial charge in [-0.3, -0.25) is 4.90 Å². The van der Waals surface area contributed by atoms with Crippen LogP contribution in [-0.4, -0.2) is 68.6 Å². The molecular formula is C14H27N3O2. The van der Waals surface area contributed by atoms with Gasteiger partial charge in [-0.1, -0.05) is 0 Å². The van der Waals surface area contributed by atoms with E-state index in [2.05, 4.69) is 10.2 Å². The Morgan fingerprint density at radius 3 is 2.89 bits per heavy atom. The molecule has 0 bridgehead atoms. The molecule has 0 aromatic carbocycles. The average Bonchev–Trinajstić information content (AvgIpc) is 2.48. The number of nitrogens with one attached hydrogen (secondary N) is 1. The van der Waals surface area contributed by atoms with Gasteiger partial charge in [-0.05, 0) is 25.7 Å². The average molecular weight is 269 g/mol. The number of piperazine rings is 1. The first-order chi connectivity index (χ1) is 9.33. The third kappa shape index (κ3) is 2.95. The molecule has 0 aliphatic carbocycles. The van der Waals surface area contributed by atoms with E-state index >= 15 is 0 Å². The molecule has 0 amide bonds. The quantitative estimate of drug-likeness (QED) is 0.736. The summed E-state index contributed by atoms with van der Waals surface area (Å²) in [5.41, 5.74) is 6.03. The highest BCUT2D eigenvalue weighted by molar-refractivity contribution is 4.95. The minimum absolute atomic E-state index is 0.0885. The Kier molecular flexibility index (Phi) is 4.39. The number of hydrogen-bond donors (Lipinski definition) is 2. The second-order valence-corrected chi connectivity index (χ2v) is 6.12. The van der Waals surface area contributed by atoms with Crippen LogP contribution in [0.4, 0.5) is 0 Å². The Balaban J connectivity index is 1.66. The van der Waals surface area contributed by atoms with Gasteiger partial charge in [0.25, 0.3) is 0 Å². The van der Waals surface area contributed by atoms with Crippen LogP contribution in [-0.2, 0) is 9.47 Å². The van der Waals surface area contributed by atoms with E-state index in [1.807, 2.05) is 0 Å². The van der Waals surface area contributed by atoms with Crippen molar-refractivity contribution >= 4 is 0 Å². The van der Waals surface area contributed by atoms with Gasteiger partial charge in [0, 0.05) is 58.1 Å². The monoisotopic (exact) mass is 269 g/mol. The number of rotatable bonds is 2. The summed E-state index contributed by atoms with van der Waals surface area (Å²) >= 11 is 0. The molecule has 3 aliphatic heterocycles. The molecule has 0 aromatic rings. The molecule has 0 aromatic heterocycles. The molecular weight excluding hydrogens is 242 g/mol. The molecule has 0 saturated carbocycles. The lowest BCUT2D eigenvalue weighted by molar-refractivity contribution is -0.154. The molecule has 3 N–H and O–H groups in total. The van der Waals surface area contributed by atoms with Crippen LogP contribution in [0, 0.1) is 0 Å². The first kappa shape index (κ1) is 13.8. The molecule has 19 heavy (non-hydrogen) atoms. The Morgan fingerprint density at radius 1 is 1.26 bits per heavy atom. The smallest absolute Gasteiger partial charge is 0.0741 e. The molecule has 3 rings (SSSR count). The number of nitrogens with two attached hydrogens (primary N) is 1. The maximum atomic E-state index is 6.14. The highest BCUT2D eigenvalue weighted by Gasteiger charge is 2.42. The van der Waals surface area contributed by atoms with Gasteiger partial charge in [-0.15, -0.1) is 0 Å². The Bertz CT molecular complexity index is 289. The fraction of sp³-hybridized carbons (Fsp3) is 1.00. The van der Waals surface area contributed by atoms with Gasteiger partial charge in [0.05, 0.1) is 5.60 Å². The van der Waals surface area contributed by atoms with Gasteiger partial charge in [-0.25, -0.2) is 0 Å². The van der Waals surface area contributed by atoms with Crippen LogP contribution in [0.3, 0.4) is 0 Å². The Labute approximate surface area is 115 Å². The van der Waals surface area contributed by atoms with Gasteiger partial charge in [0.15, 0.2) is 0 Å². The fourth-order valence-corrected chi connectivity index (χ4v) is 3.85. The van der Waals surface area contributed by atoms with E-state index in [9.17, 15) is 0 Å². The lowest BCUT2D eigenvalue weighted by Crippen LogP contribution is -2.61. The van der Waals surface area contributed by atoms with Crippen molar-refractivity contribution in [2.75, 3.05) is 46.0 Å². The van der Waals surface area contributed by atoms with Crippen LogP contribution in [0.5, 0.6) is 0 Å². The maximum Gasteiger partial charge on any atom is 0.0741 e. The van der Waals surface area contributed by atoms with Crippen LogP contribution in [0.2, 0.25) is 0 Å². The van der Waals surface area contributed by atoms with Crippen molar-refractivity contribution in [2.45, 2.75) is 43.4 Å². The molecule has 5 heteroatoms. The predicted molar refractivity (Wildman–Crippen MR) is 74.2 cm³/mol. The molecule has 3 saturated heterocycles. The van der Waals surface area contributed by atoms with Crippen LogP contribution < -0.4 is 11.1 Å². The summed E-state index contributed by atoms with van der Waals surface area (Å²) in [7, 11) is 0. The number of ether oxygens (including phenoxy) is 2. The zero-order valence-corrected chi connectivity index (χ0v) is 11.8. The summed E-state index contributed by atoms with van der Waals surface area (Å²) in [4.78, 5) is 2.64. The Hall–Kier alpha value is -0.200. The normalized spacial score (nSPS) is 36.5. The van der Waals surface area contributed by atoms with Crippen LogP contribution in [0.1, 0.15) is 25.7 Å². The van der Waals surface area contributed by atoms with Crippen molar-refractivity contribution in [3.05, 3.63) is 0 Å². The van der Waals surface area contributed by atoms with Gasteiger partial charge in [0.2, 0.25) is 0 Å². The van der Waals surface area contributed by atoms with E-state index in [1.54, 1.807) is 0 Å². The lowest BCUT2D eigenvalue weighted by atomic mass is 9.83. The third-order valence-corrected chi connectivity index (χ3v) is 5.01. The summed E-state index contributed by atoms with van der Waals surface area (Å²) in [5.74, 6) is 0. The minimum Gasteiger partial charge on any atom is -0.381 e. The van der Waals surface area contributed by atoms with E-state index in [0.29, 0.717) is 12.1 Å². The highest BCUT2D eigenvalue weighted by Crippen LogP contribution is 2.36. The number of hydrogen-bond acceptors (Lipinski definition) is 5. The van der Waals surface area contributed by atoms with E-state index in [1.165, 1.54) is 0 Å². The van der Waals surface area contributed by atoms with E-state index in [4.69, 9.17) is 15.2 Å². The second kappa shape index (κ2) is 6.06. The van der Waals surface area contributed by atoms with E-state index in [-0.39, 0.29) is 5.60 Å². The molecule has 3 heterocycles. The van der Waals surface area contributed by atoms with Crippen molar-refractivity contribution in [3.8, 4) is 0 Å². The van der Waals surface area contributed by atoms with Gasteiger partial charge < -0.3 is 20.5 Å². The second-order valence-electron chi connectivity index (χ2n) is 6.12. The largest absolute Gasteiger partial charge is 0.381 e. The summed E-state index contributed by atoms with van der Waals surface area (Å²) in [6, 6.07) is 1.14. The molecule has 2 unspecified atom stereocenters. The molecule has 3 aliphatic rings. The SMILES string of the molecule is NCC1CNCCN1C1CCOC2(CCOCC2)C1. The zero-order valence-electron chi connectivity index (χ0n) is 11.8. The first-order valence-corrected chi connectivity index (χ1v) is 7.71. The predicted octanol–water partition coefficient (Wildman–Crippen LogP) is -0.0529. The van der Waals surface area contributed by atoms with Crippen molar-refractivity contribution < 1.29 is 9.47 Å². The van der Waals surface area contributed by atoms with Gasteiger partial charge >= 0.3 is 0 Å².